The fourth-order valence-electron chi connectivity index (χ4n) is 5.19. The maximum absolute atomic E-state index is 6.20. The van der Waals surface area contributed by atoms with E-state index >= 15 is 0 Å². The van der Waals surface area contributed by atoms with E-state index in [9.17, 15) is 0 Å². The largest absolute Gasteiger partial charge is 0.481 e. The number of methoxy groups -OCH3 is 2. The molecule has 0 N–H and O–H groups in total. The van der Waals surface area contributed by atoms with Gasteiger partial charge in [0.2, 0.25) is 9.04 Å². The summed E-state index contributed by atoms with van der Waals surface area (Å²) < 4.78 is 39.9. The Labute approximate surface area is 280 Å². The highest BCUT2D eigenvalue weighted by molar-refractivity contribution is 7.99. The van der Waals surface area contributed by atoms with Crippen molar-refractivity contribution in [1.82, 2.24) is 0 Å². The predicted octanol–water partition coefficient (Wildman–Crippen LogP) is 8.29. The minimum Gasteiger partial charge on any atom is -0.481 e. The molecule has 4 rings (SSSR count). The van der Waals surface area contributed by atoms with E-state index in [4.69, 9.17) is 32.8 Å². The highest BCUT2D eigenvalue weighted by Gasteiger charge is 2.41. The predicted molar refractivity (Wildman–Crippen MR) is 185 cm³/mol. The van der Waals surface area contributed by atoms with Gasteiger partial charge in [0.25, 0.3) is 0 Å². The highest BCUT2D eigenvalue weighted by Crippen LogP contribution is 2.50. The van der Waals surface area contributed by atoms with Crippen LogP contribution in [0.3, 0.4) is 0 Å². The molecule has 0 spiro atoms. The minimum absolute atomic E-state index is 0.0614. The van der Waals surface area contributed by atoms with Crippen molar-refractivity contribution in [2.45, 2.75) is 69.7 Å². The second-order valence-corrected chi connectivity index (χ2v) is 16.0. The van der Waals surface area contributed by atoms with Crippen molar-refractivity contribution < 1.29 is 32.8 Å². The van der Waals surface area contributed by atoms with Crippen molar-refractivity contribution in [2.75, 3.05) is 40.2 Å². The van der Waals surface area contributed by atoms with E-state index in [2.05, 4.69) is 76.9 Å². The maximum atomic E-state index is 6.20. The van der Waals surface area contributed by atoms with Gasteiger partial charge < -0.3 is 32.8 Å². The molecule has 0 bridgehead atoms. The van der Waals surface area contributed by atoms with Crippen LogP contribution in [-0.2, 0) is 19.3 Å². The van der Waals surface area contributed by atoms with E-state index in [1.165, 1.54) is 11.1 Å². The first-order valence-electron chi connectivity index (χ1n) is 15.5. The molecule has 0 fully saturated rings. The average Bonchev–Trinajstić information content (AvgIpc) is 3.01. The molecule has 0 saturated carbocycles. The lowest BCUT2D eigenvalue weighted by molar-refractivity contribution is -0.0247. The fraction of sp³-hybridized carbons (Fsp3) is 0.459. The quantitative estimate of drug-likeness (QED) is 0.0970. The zero-order valence-electron chi connectivity index (χ0n) is 28.3. The molecule has 1 aliphatic heterocycles. The first-order valence-corrected chi connectivity index (χ1v) is 18.9. The van der Waals surface area contributed by atoms with Crippen LogP contribution < -0.4 is 18.9 Å². The number of rotatable bonds is 14. The summed E-state index contributed by atoms with van der Waals surface area (Å²) in [6.45, 7) is 13.8. The summed E-state index contributed by atoms with van der Waals surface area (Å²) >= 11 is 1.82. The Morgan fingerprint density at radius 1 is 0.848 bits per heavy atom. The third-order valence-electron chi connectivity index (χ3n) is 7.46. The Morgan fingerprint density at radius 2 is 1.43 bits per heavy atom. The molecule has 3 aromatic carbocycles. The zero-order chi connectivity index (χ0) is 33.2. The molecular weight excluding hydrogens is 617 g/mol. The van der Waals surface area contributed by atoms with E-state index in [1.807, 2.05) is 54.2 Å². The Balaban J connectivity index is 1.50. The summed E-state index contributed by atoms with van der Waals surface area (Å²) in [6, 6.07) is 22.1. The summed E-state index contributed by atoms with van der Waals surface area (Å²) in [4.78, 5) is 1.16. The van der Waals surface area contributed by atoms with E-state index in [1.54, 1.807) is 14.2 Å². The lowest BCUT2D eigenvalue weighted by atomic mass is 9.70. The van der Waals surface area contributed by atoms with Crippen LogP contribution in [0.5, 0.6) is 23.0 Å². The first kappa shape index (κ1) is 35.7. The molecule has 3 aromatic rings. The number of thioether (sulfide) groups is 1. The van der Waals surface area contributed by atoms with Gasteiger partial charge >= 0.3 is 0 Å². The van der Waals surface area contributed by atoms with Gasteiger partial charge in [-0.05, 0) is 78.2 Å². The van der Waals surface area contributed by atoms with Crippen LogP contribution in [0, 0.1) is 17.3 Å². The van der Waals surface area contributed by atoms with Gasteiger partial charge in [-0.15, -0.1) is 11.8 Å². The molecule has 46 heavy (non-hydrogen) atoms. The molecule has 3 atom stereocenters. The molecule has 0 aliphatic carbocycles. The zero-order valence-corrected chi connectivity index (χ0v) is 30.1. The topological polar surface area (TPSA) is 64.6 Å². The van der Waals surface area contributed by atoms with Crippen molar-refractivity contribution >= 4 is 20.8 Å². The summed E-state index contributed by atoms with van der Waals surface area (Å²) in [7, 11) is 2.33. The minimum atomic E-state index is -0.899. The third kappa shape index (κ3) is 10.2. The lowest BCUT2D eigenvalue weighted by Gasteiger charge is -2.40. The second-order valence-electron chi connectivity index (χ2n) is 12.9. The number of hydrogen-bond acceptors (Lipinski definition) is 8. The smallest absolute Gasteiger partial charge is 0.209 e. The molecule has 0 amide bonds. The van der Waals surface area contributed by atoms with Crippen LogP contribution in [0.25, 0.3) is 0 Å². The van der Waals surface area contributed by atoms with Gasteiger partial charge in [-0.1, -0.05) is 57.7 Å². The van der Waals surface area contributed by atoms with Crippen LogP contribution in [0.1, 0.15) is 51.2 Å². The Kier molecular flexibility index (Phi) is 12.9. The van der Waals surface area contributed by atoms with E-state index in [0.717, 1.165) is 40.1 Å². The molecule has 7 nitrogen and oxygen atoms in total. The molecule has 0 saturated heterocycles. The summed E-state index contributed by atoms with van der Waals surface area (Å²) in [6.07, 6.45) is 0.537. The second kappa shape index (κ2) is 16.6. The van der Waals surface area contributed by atoms with Crippen LogP contribution in [0.2, 0.25) is 13.1 Å². The maximum Gasteiger partial charge on any atom is 0.209 e. The van der Waals surface area contributed by atoms with Crippen molar-refractivity contribution in [2.24, 2.45) is 5.41 Å². The normalized spacial score (nSPS) is 18.2. The molecule has 0 aromatic heterocycles. The van der Waals surface area contributed by atoms with E-state index in [0.29, 0.717) is 0 Å². The number of benzene rings is 3. The Bertz CT molecular complexity index is 1440. The highest BCUT2D eigenvalue weighted by atomic mass is 32.2. The van der Waals surface area contributed by atoms with Crippen LogP contribution in [-0.4, -0.2) is 55.5 Å². The van der Waals surface area contributed by atoms with Gasteiger partial charge in [-0.3, -0.25) is 0 Å². The lowest BCUT2D eigenvalue weighted by Crippen LogP contribution is -2.35. The van der Waals surface area contributed by atoms with Gasteiger partial charge in [-0.25, -0.2) is 0 Å². The van der Waals surface area contributed by atoms with Crippen LogP contribution >= 0.6 is 11.8 Å². The number of fused-ring (bicyclic) bond motifs is 1. The monoisotopic (exact) mass is 663 g/mol. The van der Waals surface area contributed by atoms with E-state index in [-0.39, 0.29) is 43.2 Å². The van der Waals surface area contributed by atoms with Crippen molar-refractivity contribution in [3.8, 4) is 34.8 Å². The first-order chi connectivity index (χ1) is 22.0. The molecule has 1 heterocycles. The molecule has 1 radical (unpaired) electrons. The Morgan fingerprint density at radius 3 is 2.07 bits per heavy atom. The number of hydrogen-bond donors (Lipinski definition) is 0. The van der Waals surface area contributed by atoms with Crippen molar-refractivity contribution in [1.29, 1.82) is 0 Å². The molecule has 1 aliphatic rings. The molecular formula is C37H47O7SSi. The van der Waals surface area contributed by atoms with E-state index < -0.39 is 9.04 Å². The number of ether oxygens (including phenoxy) is 6. The SMILES string of the molecule is COCOc1ccc(C2(C)CSc3cc(OCOC)ccc3C2C#CCOc2ccc(OC(CC(C)(C)C)O[Si](C)C)cc2)cc1. The van der Waals surface area contributed by atoms with Gasteiger partial charge in [0, 0.05) is 36.7 Å². The van der Waals surface area contributed by atoms with Crippen molar-refractivity contribution in [3.05, 3.63) is 77.9 Å². The summed E-state index contributed by atoms with van der Waals surface area (Å²) in [5, 5.41) is 0. The van der Waals surface area contributed by atoms with Crippen molar-refractivity contribution in [3.63, 3.8) is 0 Å². The average molecular weight is 664 g/mol. The molecule has 9 heteroatoms. The van der Waals surface area contributed by atoms with Gasteiger partial charge in [-0.2, -0.15) is 0 Å². The van der Waals surface area contributed by atoms with Gasteiger partial charge in [0.1, 0.15) is 29.6 Å². The molecule has 247 valence electrons. The van der Waals surface area contributed by atoms with Gasteiger partial charge in [0.15, 0.2) is 19.9 Å². The van der Waals surface area contributed by atoms with Crippen LogP contribution in [0.15, 0.2) is 71.6 Å². The Hall–Kier alpha value is -3.13. The fourth-order valence-corrected chi connectivity index (χ4v) is 7.19. The summed E-state index contributed by atoms with van der Waals surface area (Å²) in [5.41, 5.74) is 2.22. The third-order valence-corrected chi connectivity index (χ3v) is 9.60. The standard InChI is InChI=1S/C37H47O7SSi/c1-36(2,3)23-35(44-46(7)8)43-30-17-15-28(16-18-30)40-21-9-10-33-32-20-19-31(42-26-39-6)22-34(32)45-24-37(33,4)27-11-13-29(14-12-27)41-25-38-5/h11-20,22,33,35H,21,23-26H2,1-8H3. The summed E-state index contributed by atoms with van der Waals surface area (Å²) in [5.74, 6) is 10.7. The van der Waals surface area contributed by atoms with Gasteiger partial charge in [0.05, 0.1) is 5.92 Å². The molecule has 3 unspecified atom stereocenters. The van der Waals surface area contributed by atoms with Crippen LogP contribution in [0.4, 0.5) is 0 Å².